The summed E-state index contributed by atoms with van der Waals surface area (Å²) in [5.41, 5.74) is 0.601. The lowest BCUT2D eigenvalue weighted by atomic mass is 10.4. The lowest BCUT2D eigenvalue weighted by Crippen LogP contribution is -2.11. The monoisotopic (exact) mass is 297 g/mol. The molecule has 92 valence electrons. The molecule has 1 amide bonds. The molecule has 0 bridgehead atoms. The molecule has 6 nitrogen and oxygen atoms in total. The van der Waals surface area contributed by atoms with Crippen LogP contribution in [0, 0.1) is 19.3 Å². The van der Waals surface area contributed by atoms with Gasteiger partial charge in [-0.25, -0.2) is 0 Å². The van der Waals surface area contributed by atoms with Gasteiger partial charge in [-0.2, -0.15) is 0 Å². The first-order chi connectivity index (χ1) is 8.70. The van der Waals surface area contributed by atoms with Crippen LogP contribution in [-0.4, -0.2) is 31.4 Å². The zero-order valence-electron chi connectivity index (χ0n) is 9.21. The Kier molecular flexibility index (Phi) is 4.24. The molecule has 0 unspecified atom stereocenters. The minimum atomic E-state index is -0.271. The summed E-state index contributed by atoms with van der Waals surface area (Å²) in [6.07, 6.45) is 5.15. The highest BCUT2D eigenvalue weighted by molar-refractivity contribution is 8.01. The number of thioether (sulfide) groups is 1. The highest BCUT2D eigenvalue weighted by atomic mass is 32.2. The van der Waals surface area contributed by atoms with Gasteiger partial charge in [-0.1, -0.05) is 33.5 Å². The van der Waals surface area contributed by atoms with Crippen molar-refractivity contribution in [3.63, 3.8) is 0 Å². The number of carbonyl (C=O) groups excluding carboxylic acids is 1. The maximum Gasteiger partial charge on any atom is 0.271 e. The van der Waals surface area contributed by atoms with Crippen molar-refractivity contribution in [1.29, 1.82) is 0 Å². The van der Waals surface area contributed by atoms with Crippen molar-refractivity contribution in [2.75, 3.05) is 11.1 Å². The SMILES string of the molecule is C#CCSc1nnc(NC(=O)c2snnc2C)s1. The molecule has 0 aliphatic carbocycles. The van der Waals surface area contributed by atoms with Crippen molar-refractivity contribution in [3.8, 4) is 12.3 Å². The molecule has 0 saturated heterocycles. The van der Waals surface area contributed by atoms with Gasteiger partial charge in [0.25, 0.3) is 5.91 Å². The average molecular weight is 297 g/mol. The number of carbonyl (C=O) groups is 1. The smallest absolute Gasteiger partial charge is 0.271 e. The van der Waals surface area contributed by atoms with Gasteiger partial charge >= 0.3 is 0 Å². The normalized spacial score (nSPS) is 10.0. The highest BCUT2D eigenvalue weighted by Crippen LogP contribution is 2.25. The van der Waals surface area contributed by atoms with Crippen LogP contribution in [0.3, 0.4) is 0 Å². The highest BCUT2D eigenvalue weighted by Gasteiger charge is 2.15. The van der Waals surface area contributed by atoms with Crippen LogP contribution in [0.2, 0.25) is 0 Å². The number of terminal acetylenes is 1. The third-order valence-electron chi connectivity index (χ3n) is 1.76. The zero-order valence-corrected chi connectivity index (χ0v) is 11.7. The molecule has 0 atom stereocenters. The summed E-state index contributed by atoms with van der Waals surface area (Å²) in [6.45, 7) is 1.73. The molecule has 2 aromatic rings. The van der Waals surface area contributed by atoms with Crippen molar-refractivity contribution in [2.24, 2.45) is 0 Å². The van der Waals surface area contributed by atoms with Crippen molar-refractivity contribution >= 4 is 45.7 Å². The number of anilines is 1. The van der Waals surface area contributed by atoms with Crippen LogP contribution in [0.5, 0.6) is 0 Å². The van der Waals surface area contributed by atoms with Crippen LogP contribution in [-0.2, 0) is 0 Å². The first-order valence-corrected chi connectivity index (χ1v) is 7.28. The Labute approximate surface area is 115 Å². The quantitative estimate of drug-likeness (QED) is 0.525. The number of amides is 1. The average Bonchev–Trinajstić information content (AvgIpc) is 2.95. The first-order valence-electron chi connectivity index (χ1n) is 4.70. The van der Waals surface area contributed by atoms with Crippen molar-refractivity contribution in [1.82, 2.24) is 19.8 Å². The molecule has 2 heterocycles. The molecule has 0 aliphatic rings. The maximum atomic E-state index is 11.8. The van der Waals surface area contributed by atoms with E-state index in [0.29, 0.717) is 21.5 Å². The fourth-order valence-corrected chi connectivity index (χ4v) is 2.99. The number of hydrogen-bond donors (Lipinski definition) is 1. The Morgan fingerprint density at radius 1 is 1.50 bits per heavy atom. The minimum absolute atomic E-state index is 0.271. The number of aryl methyl sites for hydroxylation is 1. The summed E-state index contributed by atoms with van der Waals surface area (Å²) in [5, 5.41) is 14.6. The molecule has 0 radical (unpaired) electrons. The van der Waals surface area contributed by atoms with Crippen molar-refractivity contribution in [3.05, 3.63) is 10.6 Å². The lowest BCUT2D eigenvalue weighted by Gasteiger charge is -1.96. The van der Waals surface area contributed by atoms with Gasteiger partial charge in [0.05, 0.1) is 11.4 Å². The van der Waals surface area contributed by atoms with Gasteiger partial charge in [-0.15, -0.1) is 21.7 Å². The molecule has 0 aliphatic heterocycles. The van der Waals surface area contributed by atoms with E-state index in [1.807, 2.05) is 0 Å². The van der Waals surface area contributed by atoms with E-state index in [9.17, 15) is 4.79 Å². The Morgan fingerprint density at radius 3 is 3.00 bits per heavy atom. The largest absolute Gasteiger partial charge is 0.296 e. The molecule has 0 saturated carbocycles. The van der Waals surface area contributed by atoms with E-state index in [0.717, 1.165) is 15.9 Å². The van der Waals surface area contributed by atoms with Gasteiger partial charge in [0, 0.05) is 0 Å². The van der Waals surface area contributed by atoms with Crippen molar-refractivity contribution in [2.45, 2.75) is 11.3 Å². The summed E-state index contributed by atoms with van der Waals surface area (Å²) in [7, 11) is 0. The summed E-state index contributed by atoms with van der Waals surface area (Å²) in [6, 6.07) is 0. The molecular weight excluding hydrogens is 290 g/mol. The van der Waals surface area contributed by atoms with Crippen LogP contribution >= 0.6 is 34.6 Å². The third kappa shape index (κ3) is 3.04. The fourth-order valence-electron chi connectivity index (χ4n) is 1.02. The molecule has 2 aromatic heterocycles. The molecule has 18 heavy (non-hydrogen) atoms. The van der Waals surface area contributed by atoms with Crippen LogP contribution in [0.1, 0.15) is 15.4 Å². The Balaban J connectivity index is 2.02. The molecule has 0 spiro atoms. The van der Waals surface area contributed by atoms with E-state index in [1.54, 1.807) is 6.92 Å². The van der Waals surface area contributed by atoms with Crippen LogP contribution in [0.25, 0.3) is 0 Å². The number of hydrogen-bond acceptors (Lipinski definition) is 8. The molecule has 1 N–H and O–H groups in total. The second-order valence-electron chi connectivity index (χ2n) is 3.01. The summed E-state index contributed by atoms with van der Waals surface area (Å²) < 4.78 is 4.43. The number of aromatic nitrogens is 4. The van der Waals surface area contributed by atoms with Crippen LogP contribution in [0.4, 0.5) is 5.13 Å². The third-order valence-corrected chi connectivity index (χ3v) is 4.47. The number of rotatable bonds is 4. The van der Waals surface area contributed by atoms with Gasteiger partial charge in [-0.05, 0) is 18.5 Å². The van der Waals surface area contributed by atoms with Gasteiger partial charge < -0.3 is 0 Å². The second-order valence-corrected chi connectivity index (χ2v) is 5.96. The molecule has 2 rings (SSSR count). The molecule has 0 fully saturated rings. The summed E-state index contributed by atoms with van der Waals surface area (Å²) in [4.78, 5) is 12.3. The van der Waals surface area contributed by atoms with E-state index in [-0.39, 0.29) is 5.91 Å². The second kappa shape index (κ2) is 5.90. The van der Waals surface area contributed by atoms with Crippen molar-refractivity contribution < 1.29 is 4.79 Å². The predicted molar refractivity (Wildman–Crippen MR) is 72.1 cm³/mol. The lowest BCUT2D eigenvalue weighted by molar-refractivity contribution is 0.102. The van der Waals surface area contributed by atoms with Gasteiger partial charge in [0.15, 0.2) is 4.34 Å². The number of nitrogens with one attached hydrogen (secondary N) is 1. The standard InChI is InChI=1S/C9H7N5OS3/c1-3-4-16-9-13-12-8(17-9)10-7(15)6-5(2)11-14-18-6/h1H,4H2,2H3,(H,10,12,15). The Morgan fingerprint density at radius 2 is 2.33 bits per heavy atom. The maximum absolute atomic E-state index is 11.8. The fraction of sp³-hybridized carbons (Fsp3) is 0.222. The van der Waals surface area contributed by atoms with E-state index >= 15 is 0 Å². The van der Waals surface area contributed by atoms with E-state index in [1.165, 1.54) is 23.1 Å². The molecular formula is C9H7N5OS3. The first kappa shape index (κ1) is 12.9. The molecule has 9 heteroatoms. The predicted octanol–water partition coefficient (Wildman–Crippen LogP) is 1.68. The van der Waals surface area contributed by atoms with E-state index in [4.69, 9.17) is 6.42 Å². The van der Waals surface area contributed by atoms with E-state index in [2.05, 4.69) is 31.0 Å². The summed E-state index contributed by atoms with van der Waals surface area (Å²) in [5.74, 6) is 2.75. The Bertz CT molecular complexity index is 599. The Hall–Kier alpha value is -1.50. The topological polar surface area (TPSA) is 80.7 Å². The van der Waals surface area contributed by atoms with Gasteiger partial charge in [0.1, 0.15) is 4.88 Å². The zero-order chi connectivity index (χ0) is 13.0. The van der Waals surface area contributed by atoms with Gasteiger partial charge in [0.2, 0.25) is 5.13 Å². The van der Waals surface area contributed by atoms with E-state index < -0.39 is 0 Å². The van der Waals surface area contributed by atoms with Gasteiger partial charge in [-0.3, -0.25) is 10.1 Å². The summed E-state index contributed by atoms with van der Waals surface area (Å²) >= 11 is 3.73. The number of nitrogens with zero attached hydrogens (tertiary/aromatic N) is 4. The van der Waals surface area contributed by atoms with Crippen LogP contribution < -0.4 is 5.32 Å². The van der Waals surface area contributed by atoms with Crippen LogP contribution in [0.15, 0.2) is 4.34 Å². The minimum Gasteiger partial charge on any atom is -0.296 e. The molecule has 0 aromatic carbocycles.